The Bertz CT molecular complexity index is 494. The van der Waals surface area contributed by atoms with Gasteiger partial charge in [-0.3, -0.25) is 19.6 Å². The molecule has 0 saturated heterocycles. The molecule has 0 radical (unpaired) electrons. The summed E-state index contributed by atoms with van der Waals surface area (Å²) >= 11 is 0. The average Bonchev–Trinajstić information content (AvgIpc) is 2.71. The summed E-state index contributed by atoms with van der Waals surface area (Å²) in [5.74, 6) is -1.76. The number of aromatic nitrogens is 2. The molecule has 0 bridgehead atoms. The predicted molar refractivity (Wildman–Crippen MR) is 61.6 cm³/mol. The minimum absolute atomic E-state index is 0.168. The first kappa shape index (κ1) is 18.3. The van der Waals surface area contributed by atoms with Gasteiger partial charge >= 0.3 is 17.8 Å². The predicted octanol–water partition coefficient (Wildman–Crippen LogP) is 0.756. The van der Waals surface area contributed by atoms with Crippen molar-refractivity contribution in [2.75, 3.05) is 14.1 Å². The van der Waals surface area contributed by atoms with Crippen molar-refractivity contribution in [1.82, 2.24) is 14.7 Å². The molecule has 0 fully saturated rings. The van der Waals surface area contributed by atoms with Crippen molar-refractivity contribution < 1.29 is 32.8 Å². The Morgan fingerprint density at radius 2 is 2.05 bits per heavy atom. The summed E-state index contributed by atoms with van der Waals surface area (Å²) in [6.45, 7) is -1.58. The van der Waals surface area contributed by atoms with Gasteiger partial charge in [-0.15, -0.1) is 0 Å². The molecule has 1 heterocycles. The summed E-state index contributed by atoms with van der Waals surface area (Å²) in [6, 6.07) is 0. The van der Waals surface area contributed by atoms with E-state index in [0.717, 1.165) is 6.41 Å². The highest BCUT2D eigenvalue weighted by Gasteiger charge is 2.32. The normalized spacial score (nSPS) is 10.3. The highest BCUT2D eigenvalue weighted by molar-refractivity contribution is 5.89. The van der Waals surface area contributed by atoms with E-state index in [0.29, 0.717) is 6.20 Å². The van der Waals surface area contributed by atoms with Crippen LogP contribution in [0.25, 0.3) is 0 Å². The molecule has 0 aliphatic rings. The number of carboxylic acid groups (broad SMARTS) is 1. The maximum absolute atomic E-state index is 11.9. The van der Waals surface area contributed by atoms with Crippen molar-refractivity contribution in [3.05, 3.63) is 22.0 Å². The lowest BCUT2D eigenvalue weighted by atomic mass is 10.4. The second-order valence-corrected chi connectivity index (χ2v) is 3.81. The summed E-state index contributed by atoms with van der Waals surface area (Å²) < 4.78 is 35.9. The van der Waals surface area contributed by atoms with Crippen molar-refractivity contribution in [3.8, 4) is 0 Å². The number of hydrogen-bond donors (Lipinski definition) is 1. The zero-order valence-electron chi connectivity index (χ0n) is 10.9. The minimum atomic E-state index is -4.63. The lowest BCUT2D eigenvalue weighted by Gasteiger charge is -2.04. The van der Waals surface area contributed by atoms with Gasteiger partial charge in [0.2, 0.25) is 12.1 Å². The number of halogens is 3. The number of amides is 1. The topological polar surface area (TPSA) is 119 Å². The molecule has 1 aromatic heterocycles. The Balaban J connectivity index is 0.000000690. The molecule has 1 rings (SSSR count). The molecule has 0 spiro atoms. The number of carboxylic acids is 1. The van der Waals surface area contributed by atoms with Crippen LogP contribution in [-0.2, 0) is 11.3 Å². The Morgan fingerprint density at radius 1 is 1.57 bits per heavy atom. The SMILES string of the molecule is CN(C)C=O.O=C(O)c1nn(CC(F)(F)F)cc1[N+](=O)[O-]. The number of alkyl halides is 3. The van der Waals surface area contributed by atoms with Crippen molar-refractivity contribution in [3.63, 3.8) is 0 Å². The van der Waals surface area contributed by atoms with Gasteiger partial charge in [0.1, 0.15) is 12.7 Å². The molecule has 12 heteroatoms. The van der Waals surface area contributed by atoms with Crippen molar-refractivity contribution in [2.24, 2.45) is 0 Å². The van der Waals surface area contributed by atoms with E-state index in [9.17, 15) is 32.9 Å². The van der Waals surface area contributed by atoms with Crippen LogP contribution >= 0.6 is 0 Å². The van der Waals surface area contributed by atoms with E-state index in [-0.39, 0.29) is 4.68 Å². The fraction of sp³-hybridized carbons (Fsp3) is 0.444. The fourth-order valence-corrected chi connectivity index (χ4v) is 0.961. The number of hydrogen-bond acceptors (Lipinski definition) is 5. The zero-order valence-corrected chi connectivity index (χ0v) is 10.9. The van der Waals surface area contributed by atoms with Gasteiger partial charge in [-0.2, -0.15) is 18.3 Å². The van der Waals surface area contributed by atoms with Crippen LogP contribution in [-0.4, -0.2) is 57.4 Å². The van der Waals surface area contributed by atoms with E-state index in [2.05, 4.69) is 5.10 Å². The maximum Gasteiger partial charge on any atom is 0.408 e. The van der Waals surface area contributed by atoms with Crippen LogP contribution in [0.2, 0.25) is 0 Å². The summed E-state index contributed by atoms with van der Waals surface area (Å²) in [5.41, 5.74) is -1.99. The number of nitrogens with zero attached hydrogens (tertiary/aromatic N) is 4. The molecule has 0 atom stereocenters. The molecule has 1 aromatic rings. The third-order valence-electron chi connectivity index (χ3n) is 1.69. The second kappa shape index (κ2) is 7.21. The number of aromatic carboxylic acids is 1. The number of carbonyl (C=O) groups is 2. The summed E-state index contributed by atoms with van der Waals surface area (Å²) in [7, 11) is 3.38. The first-order chi connectivity index (χ1) is 9.47. The number of carbonyl (C=O) groups excluding carboxylic acids is 1. The third-order valence-corrected chi connectivity index (χ3v) is 1.69. The van der Waals surface area contributed by atoms with Crippen molar-refractivity contribution in [2.45, 2.75) is 12.7 Å². The third kappa shape index (κ3) is 6.89. The van der Waals surface area contributed by atoms with Gasteiger partial charge in [0.25, 0.3) is 0 Å². The Hall–Kier alpha value is -2.66. The summed E-state index contributed by atoms with van der Waals surface area (Å²) in [4.78, 5) is 30.5. The monoisotopic (exact) mass is 312 g/mol. The Labute approximate surface area is 115 Å². The second-order valence-electron chi connectivity index (χ2n) is 3.81. The van der Waals surface area contributed by atoms with Crippen LogP contribution in [0.5, 0.6) is 0 Å². The van der Waals surface area contributed by atoms with Crippen molar-refractivity contribution >= 4 is 18.1 Å². The van der Waals surface area contributed by atoms with Gasteiger partial charge in [0, 0.05) is 14.1 Å². The van der Waals surface area contributed by atoms with E-state index < -0.39 is 35.0 Å². The van der Waals surface area contributed by atoms with Gasteiger partial charge in [-0.1, -0.05) is 0 Å². The van der Waals surface area contributed by atoms with Gasteiger partial charge < -0.3 is 10.0 Å². The van der Waals surface area contributed by atoms with E-state index >= 15 is 0 Å². The van der Waals surface area contributed by atoms with Crippen molar-refractivity contribution in [1.29, 1.82) is 0 Å². The molecule has 0 aliphatic carbocycles. The molecule has 9 nitrogen and oxygen atoms in total. The molecule has 1 N–H and O–H groups in total. The average molecular weight is 312 g/mol. The highest BCUT2D eigenvalue weighted by atomic mass is 19.4. The molecule has 0 saturated carbocycles. The lowest BCUT2D eigenvalue weighted by Crippen LogP contribution is -2.18. The van der Waals surface area contributed by atoms with Crippen LogP contribution < -0.4 is 0 Å². The van der Waals surface area contributed by atoms with Crippen LogP contribution in [0.1, 0.15) is 10.5 Å². The molecule has 0 aliphatic heterocycles. The van der Waals surface area contributed by atoms with Gasteiger partial charge in [-0.05, 0) is 0 Å². The first-order valence-corrected chi connectivity index (χ1v) is 5.11. The molecule has 21 heavy (non-hydrogen) atoms. The van der Waals surface area contributed by atoms with Gasteiger partial charge in [0.15, 0.2) is 0 Å². The number of nitro groups is 1. The zero-order chi connectivity index (χ0) is 16.8. The molecule has 1 amide bonds. The van der Waals surface area contributed by atoms with E-state index in [1.807, 2.05) is 0 Å². The van der Waals surface area contributed by atoms with Crippen LogP contribution in [0.3, 0.4) is 0 Å². The van der Waals surface area contributed by atoms with E-state index in [4.69, 9.17) is 5.11 Å². The van der Waals surface area contributed by atoms with Crippen LogP contribution in [0, 0.1) is 10.1 Å². The van der Waals surface area contributed by atoms with Crippen LogP contribution in [0.15, 0.2) is 6.20 Å². The molecular formula is C9H11F3N4O5. The highest BCUT2D eigenvalue weighted by Crippen LogP contribution is 2.21. The Kier molecular flexibility index (Phi) is 6.30. The summed E-state index contributed by atoms with van der Waals surface area (Å²) in [6.07, 6.45) is -3.45. The van der Waals surface area contributed by atoms with Gasteiger partial charge in [0.05, 0.1) is 4.92 Å². The lowest BCUT2D eigenvalue weighted by molar-refractivity contribution is -0.385. The molecule has 0 aromatic carbocycles. The summed E-state index contributed by atoms with van der Waals surface area (Å²) in [5, 5.41) is 21.7. The van der Waals surface area contributed by atoms with Crippen LogP contribution in [0.4, 0.5) is 18.9 Å². The van der Waals surface area contributed by atoms with E-state index in [1.54, 1.807) is 14.1 Å². The van der Waals surface area contributed by atoms with E-state index in [1.165, 1.54) is 4.90 Å². The molecule has 0 unspecified atom stereocenters. The quantitative estimate of drug-likeness (QED) is 0.498. The smallest absolute Gasteiger partial charge is 0.408 e. The number of rotatable bonds is 4. The minimum Gasteiger partial charge on any atom is -0.476 e. The fourth-order valence-electron chi connectivity index (χ4n) is 0.961. The largest absolute Gasteiger partial charge is 0.476 e. The maximum atomic E-state index is 11.9. The Morgan fingerprint density at radius 3 is 2.29 bits per heavy atom. The first-order valence-electron chi connectivity index (χ1n) is 5.11. The standard InChI is InChI=1S/C6H4F3N3O4.C3H7NO/c7-6(8,9)2-11-1-3(12(15)16)4(10-11)5(13)14;1-4(2)3-5/h1H,2H2,(H,13,14);3H,1-2H3. The molecular weight excluding hydrogens is 301 g/mol. The van der Waals surface area contributed by atoms with Gasteiger partial charge in [-0.25, -0.2) is 4.79 Å². The molecule has 118 valence electrons.